The molecule has 1 N–H and O–H groups in total. The van der Waals surface area contributed by atoms with Gasteiger partial charge in [-0.1, -0.05) is 35.9 Å². The van der Waals surface area contributed by atoms with Gasteiger partial charge in [-0.15, -0.1) is 0 Å². The first-order chi connectivity index (χ1) is 14.5. The van der Waals surface area contributed by atoms with Crippen molar-refractivity contribution in [1.82, 2.24) is 4.90 Å². The Balaban J connectivity index is 1.50. The van der Waals surface area contributed by atoms with Gasteiger partial charge in [0.15, 0.2) is 0 Å². The fourth-order valence-corrected chi connectivity index (χ4v) is 3.29. The van der Waals surface area contributed by atoms with Crippen LogP contribution in [0, 0.1) is 0 Å². The molecule has 3 rings (SSSR count). The first-order valence-electron chi connectivity index (χ1n) is 9.87. The molecule has 0 aliphatic carbocycles. The Morgan fingerprint density at radius 2 is 1.93 bits per heavy atom. The SMILES string of the molecule is CCOC(=O)/C=C/c1ccc(NC(=O)CN2CCOC(c3ccc(Cl)cc3)C2)cc1. The van der Waals surface area contributed by atoms with Gasteiger partial charge in [0, 0.05) is 29.9 Å². The van der Waals surface area contributed by atoms with E-state index in [1.807, 2.05) is 36.4 Å². The zero-order valence-electron chi connectivity index (χ0n) is 16.8. The molecule has 1 heterocycles. The molecule has 6 nitrogen and oxygen atoms in total. The lowest BCUT2D eigenvalue weighted by Gasteiger charge is -2.32. The molecule has 0 saturated carbocycles. The van der Waals surface area contributed by atoms with E-state index < -0.39 is 0 Å². The standard InChI is InChI=1S/C23H25ClN2O4/c1-2-29-23(28)12-5-17-3-10-20(11-4-17)25-22(27)16-26-13-14-30-21(15-26)18-6-8-19(24)9-7-18/h3-12,21H,2,13-16H2,1H3,(H,25,27)/b12-5+. The smallest absolute Gasteiger partial charge is 0.330 e. The Hall–Kier alpha value is -2.67. The van der Waals surface area contributed by atoms with Crippen molar-refractivity contribution in [1.29, 1.82) is 0 Å². The van der Waals surface area contributed by atoms with Crippen molar-refractivity contribution in [3.05, 3.63) is 70.8 Å². The number of nitrogens with one attached hydrogen (secondary N) is 1. The number of benzene rings is 2. The van der Waals surface area contributed by atoms with Gasteiger partial charge in [0.05, 0.1) is 25.9 Å². The third-order valence-corrected chi connectivity index (χ3v) is 4.90. The monoisotopic (exact) mass is 428 g/mol. The van der Waals surface area contributed by atoms with Crippen LogP contribution in [0.4, 0.5) is 5.69 Å². The molecule has 0 aromatic heterocycles. The molecule has 0 bridgehead atoms. The van der Waals surface area contributed by atoms with Crippen molar-refractivity contribution < 1.29 is 19.1 Å². The lowest BCUT2D eigenvalue weighted by Crippen LogP contribution is -2.42. The van der Waals surface area contributed by atoms with Crippen LogP contribution in [0.2, 0.25) is 5.02 Å². The van der Waals surface area contributed by atoms with Crippen LogP contribution in [0.15, 0.2) is 54.6 Å². The van der Waals surface area contributed by atoms with Crippen LogP contribution >= 0.6 is 11.6 Å². The van der Waals surface area contributed by atoms with Crippen LogP contribution in [0.1, 0.15) is 24.2 Å². The molecule has 1 unspecified atom stereocenters. The van der Waals surface area contributed by atoms with Gasteiger partial charge in [0.25, 0.3) is 0 Å². The highest BCUT2D eigenvalue weighted by Gasteiger charge is 2.23. The molecule has 7 heteroatoms. The number of anilines is 1. The second-order valence-corrected chi connectivity index (χ2v) is 7.34. The largest absolute Gasteiger partial charge is 0.463 e. The summed E-state index contributed by atoms with van der Waals surface area (Å²) in [6.45, 7) is 4.32. The molecule has 0 radical (unpaired) electrons. The van der Waals surface area contributed by atoms with E-state index in [9.17, 15) is 9.59 Å². The molecule has 1 atom stereocenters. The minimum atomic E-state index is -0.378. The molecule has 2 aromatic rings. The van der Waals surface area contributed by atoms with Gasteiger partial charge in [0.1, 0.15) is 0 Å². The predicted octanol–water partition coefficient (Wildman–Crippen LogP) is 3.93. The third-order valence-electron chi connectivity index (χ3n) is 4.65. The van der Waals surface area contributed by atoms with Gasteiger partial charge in [-0.2, -0.15) is 0 Å². The highest BCUT2D eigenvalue weighted by Crippen LogP contribution is 2.23. The minimum absolute atomic E-state index is 0.0747. The summed E-state index contributed by atoms with van der Waals surface area (Å²) in [5.41, 5.74) is 2.60. The summed E-state index contributed by atoms with van der Waals surface area (Å²) in [5, 5.41) is 3.60. The Labute approximate surface area is 181 Å². The van der Waals surface area contributed by atoms with Gasteiger partial charge in [0.2, 0.25) is 5.91 Å². The number of ether oxygens (including phenoxy) is 2. The summed E-state index contributed by atoms with van der Waals surface area (Å²) >= 11 is 5.95. The van der Waals surface area contributed by atoms with Crippen LogP contribution in [0.3, 0.4) is 0 Å². The normalized spacial score (nSPS) is 17.1. The van der Waals surface area contributed by atoms with E-state index in [-0.39, 0.29) is 24.5 Å². The van der Waals surface area contributed by atoms with E-state index in [2.05, 4.69) is 10.2 Å². The Bertz CT molecular complexity index is 881. The Morgan fingerprint density at radius 3 is 2.63 bits per heavy atom. The molecule has 1 amide bonds. The molecule has 30 heavy (non-hydrogen) atoms. The van der Waals surface area contributed by atoms with Crippen molar-refractivity contribution in [2.45, 2.75) is 13.0 Å². The van der Waals surface area contributed by atoms with Crippen LogP contribution in [0.5, 0.6) is 0 Å². The summed E-state index contributed by atoms with van der Waals surface area (Å²) in [5.74, 6) is -0.459. The van der Waals surface area contributed by atoms with Crippen LogP contribution < -0.4 is 5.32 Å². The molecule has 1 saturated heterocycles. The molecule has 158 valence electrons. The van der Waals surface area contributed by atoms with E-state index in [0.29, 0.717) is 37.0 Å². The van der Waals surface area contributed by atoms with Crippen LogP contribution in [0.25, 0.3) is 6.08 Å². The Kier molecular flexibility index (Phi) is 8.02. The molecule has 1 aliphatic heterocycles. The van der Waals surface area contributed by atoms with Crippen molar-refractivity contribution in [3.8, 4) is 0 Å². The Morgan fingerprint density at radius 1 is 1.20 bits per heavy atom. The molecular formula is C23H25ClN2O4. The number of halogens is 1. The summed E-state index contributed by atoms with van der Waals surface area (Å²) in [4.78, 5) is 25.9. The highest BCUT2D eigenvalue weighted by molar-refractivity contribution is 6.30. The maximum atomic E-state index is 12.5. The first-order valence-corrected chi connectivity index (χ1v) is 10.3. The van der Waals surface area contributed by atoms with Gasteiger partial charge in [-0.05, 0) is 48.4 Å². The third kappa shape index (κ3) is 6.69. The fourth-order valence-electron chi connectivity index (χ4n) is 3.16. The highest BCUT2D eigenvalue weighted by atomic mass is 35.5. The number of morpholine rings is 1. The van der Waals surface area contributed by atoms with Gasteiger partial charge >= 0.3 is 5.97 Å². The van der Waals surface area contributed by atoms with E-state index >= 15 is 0 Å². The van der Waals surface area contributed by atoms with Gasteiger partial charge in [-0.3, -0.25) is 9.69 Å². The number of rotatable bonds is 7. The van der Waals surface area contributed by atoms with E-state index in [0.717, 1.165) is 11.1 Å². The molecular weight excluding hydrogens is 404 g/mol. The van der Waals surface area contributed by atoms with Crippen LogP contribution in [-0.2, 0) is 19.1 Å². The van der Waals surface area contributed by atoms with E-state index in [1.165, 1.54) is 6.08 Å². The lowest BCUT2D eigenvalue weighted by atomic mass is 10.1. The topological polar surface area (TPSA) is 67.9 Å². The van der Waals surface area contributed by atoms with Crippen molar-refractivity contribution >= 4 is 35.2 Å². The second kappa shape index (κ2) is 10.9. The maximum absolute atomic E-state index is 12.5. The van der Waals surface area contributed by atoms with E-state index in [1.54, 1.807) is 25.1 Å². The number of hydrogen-bond acceptors (Lipinski definition) is 5. The zero-order chi connectivity index (χ0) is 21.3. The summed E-state index contributed by atoms with van der Waals surface area (Å²) in [6.07, 6.45) is 2.98. The summed E-state index contributed by atoms with van der Waals surface area (Å²) in [7, 11) is 0. The maximum Gasteiger partial charge on any atom is 0.330 e. The first kappa shape index (κ1) is 22.0. The predicted molar refractivity (Wildman–Crippen MR) is 117 cm³/mol. The molecule has 2 aromatic carbocycles. The number of carbonyl (C=O) groups excluding carboxylic acids is 2. The number of nitrogens with zero attached hydrogens (tertiary/aromatic N) is 1. The average Bonchev–Trinajstić information content (AvgIpc) is 2.74. The minimum Gasteiger partial charge on any atom is -0.463 e. The van der Waals surface area contributed by atoms with Gasteiger partial charge in [-0.25, -0.2) is 4.79 Å². The zero-order valence-corrected chi connectivity index (χ0v) is 17.6. The second-order valence-electron chi connectivity index (χ2n) is 6.90. The number of amides is 1. The van der Waals surface area contributed by atoms with E-state index in [4.69, 9.17) is 21.1 Å². The number of hydrogen-bond donors (Lipinski definition) is 1. The lowest BCUT2D eigenvalue weighted by molar-refractivity contribution is -0.137. The number of carbonyl (C=O) groups is 2. The molecule has 0 spiro atoms. The average molecular weight is 429 g/mol. The van der Waals surface area contributed by atoms with Gasteiger partial charge < -0.3 is 14.8 Å². The molecule has 1 aliphatic rings. The summed E-state index contributed by atoms with van der Waals surface area (Å²) < 4.78 is 10.7. The quantitative estimate of drug-likeness (QED) is 0.534. The van der Waals surface area contributed by atoms with Crippen molar-refractivity contribution in [3.63, 3.8) is 0 Å². The van der Waals surface area contributed by atoms with Crippen LogP contribution in [-0.4, -0.2) is 49.6 Å². The number of esters is 1. The summed E-state index contributed by atoms with van der Waals surface area (Å²) in [6, 6.07) is 14.9. The molecule has 1 fully saturated rings. The fraction of sp³-hybridized carbons (Fsp3) is 0.304. The van der Waals surface area contributed by atoms with Crippen molar-refractivity contribution in [2.24, 2.45) is 0 Å². The van der Waals surface area contributed by atoms with Crippen molar-refractivity contribution in [2.75, 3.05) is 38.2 Å².